The van der Waals surface area contributed by atoms with E-state index in [1.165, 1.54) is 24.0 Å². The number of nitro benzene ring substituents is 1. The molecule has 1 heterocycles. The average Bonchev–Trinajstić information content (AvgIpc) is 3.16. The third-order valence-corrected chi connectivity index (χ3v) is 5.21. The van der Waals surface area contributed by atoms with Crippen molar-refractivity contribution >= 4 is 41.2 Å². The highest BCUT2D eigenvalue weighted by molar-refractivity contribution is 7.99. The Balaban J connectivity index is 1.61. The van der Waals surface area contributed by atoms with Crippen LogP contribution in [0.4, 0.5) is 5.69 Å². The van der Waals surface area contributed by atoms with Crippen molar-refractivity contribution in [2.24, 2.45) is 5.10 Å². The van der Waals surface area contributed by atoms with Gasteiger partial charge in [-0.25, -0.2) is 5.43 Å². The monoisotopic (exact) mass is 444 g/mol. The van der Waals surface area contributed by atoms with Gasteiger partial charge in [0.2, 0.25) is 0 Å². The van der Waals surface area contributed by atoms with Gasteiger partial charge in [0.1, 0.15) is 0 Å². The van der Waals surface area contributed by atoms with Crippen LogP contribution >= 0.6 is 23.4 Å². The van der Waals surface area contributed by atoms with Crippen molar-refractivity contribution in [3.05, 3.63) is 69.2 Å². The second-order valence-corrected chi connectivity index (χ2v) is 7.33. The Morgan fingerprint density at radius 1 is 1.27 bits per heavy atom. The summed E-state index contributed by atoms with van der Waals surface area (Å²) in [4.78, 5) is 22.6. The van der Waals surface area contributed by atoms with Crippen molar-refractivity contribution in [2.45, 2.75) is 18.6 Å². The third-order valence-electron chi connectivity index (χ3n) is 3.99. The Hall–Kier alpha value is -3.24. The Labute approximate surface area is 181 Å². The van der Waals surface area contributed by atoms with Crippen molar-refractivity contribution in [3.63, 3.8) is 0 Å². The molecule has 0 fully saturated rings. The van der Waals surface area contributed by atoms with Crippen molar-refractivity contribution in [3.8, 4) is 11.4 Å². The van der Waals surface area contributed by atoms with E-state index < -0.39 is 4.92 Å². The molecule has 11 heteroatoms. The summed E-state index contributed by atoms with van der Waals surface area (Å²) >= 11 is 7.15. The molecule has 1 aromatic heterocycles. The van der Waals surface area contributed by atoms with Crippen molar-refractivity contribution < 1.29 is 9.72 Å². The van der Waals surface area contributed by atoms with Gasteiger partial charge in [0.25, 0.3) is 11.6 Å². The van der Waals surface area contributed by atoms with E-state index in [1.54, 1.807) is 30.3 Å². The highest BCUT2D eigenvalue weighted by Gasteiger charge is 2.15. The van der Waals surface area contributed by atoms with Crippen LogP contribution in [-0.4, -0.2) is 37.6 Å². The number of hydrogen-bond donors (Lipinski definition) is 1. The molecule has 1 amide bonds. The van der Waals surface area contributed by atoms with E-state index in [-0.39, 0.29) is 17.3 Å². The first-order valence-electron chi connectivity index (χ1n) is 8.87. The lowest BCUT2D eigenvalue weighted by Crippen LogP contribution is -2.20. The summed E-state index contributed by atoms with van der Waals surface area (Å²) in [7, 11) is 0. The third kappa shape index (κ3) is 5.22. The van der Waals surface area contributed by atoms with E-state index >= 15 is 0 Å². The minimum absolute atomic E-state index is 0.0625. The first kappa shape index (κ1) is 21.5. The average molecular weight is 445 g/mol. The molecule has 0 bridgehead atoms. The SMILES string of the molecule is CCn1c(SCC(=O)N/N=C\c2ccccc2[N+](=O)[O-])nnc1-c1ccc(Cl)cc1. The standard InChI is InChI=1S/C19H17ClN6O3S/c1-2-25-18(13-7-9-15(20)10-8-13)23-24-19(25)30-12-17(27)22-21-11-14-5-3-4-6-16(14)26(28)29/h3-11H,2,12H2,1H3,(H,22,27)/b21-11-. The molecule has 30 heavy (non-hydrogen) atoms. The number of hydrazone groups is 1. The maximum Gasteiger partial charge on any atom is 0.278 e. The number of nitrogens with zero attached hydrogens (tertiary/aromatic N) is 5. The molecular formula is C19H17ClN6O3S. The predicted molar refractivity (Wildman–Crippen MR) is 116 cm³/mol. The molecule has 1 N–H and O–H groups in total. The molecule has 0 saturated heterocycles. The van der Waals surface area contributed by atoms with E-state index in [0.717, 1.165) is 5.56 Å². The number of nitrogens with one attached hydrogen (secondary N) is 1. The van der Waals surface area contributed by atoms with Crippen LogP contribution in [0, 0.1) is 10.1 Å². The number of aromatic nitrogens is 3. The number of para-hydroxylation sites is 1. The minimum Gasteiger partial charge on any atom is -0.302 e. The van der Waals surface area contributed by atoms with Gasteiger partial charge in [0, 0.05) is 23.2 Å². The second kappa shape index (κ2) is 9.99. The number of benzene rings is 2. The molecule has 0 radical (unpaired) electrons. The van der Waals surface area contributed by atoms with Gasteiger partial charge in [-0.1, -0.05) is 35.5 Å². The van der Waals surface area contributed by atoms with Gasteiger partial charge in [-0.3, -0.25) is 14.9 Å². The molecule has 0 aliphatic rings. The zero-order valence-corrected chi connectivity index (χ0v) is 17.4. The van der Waals surface area contributed by atoms with E-state index in [0.29, 0.717) is 28.1 Å². The number of halogens is 1. The lowest BCUT2D eigenvalue weighted by atomic mass is 10.2. The largest absolute Gasteiger partial charge is 0.302 e. The molecule has 0 saturated carbocycles. The van der Waals surface area contributed by atoms with Gasteiger partial charge in [-0.05, 0) is 37.3 Å². The van der Waals surface area contributed by atoms with Crippen LogP contribution in [-0.2, 0) is 11.3 Å². The first-order chi connectivity index (χ1) is 14.5. The normalized spacial score (nSPS) is 11.0. The topological polar surface area (TPSA) is 115 Å². The molecule has 154 valence electrons. The number of rotatable bonds is 8. The summed E-state index contributed by atoms with van der Waals surface area (Å²) in [6.07, 6.45) is 1.24. The lowest BCUT2D eigenvalue weighted by Gasteiger charge is -2.07. The van der Waals surface area contributed by atoms with Crippen LogP contribution in [0.5, 0.6) is 0 Å². The molecule has 0 unspecified atom stereocenters. The summed E-state index contributed by atoms with van der Waals surface area (Å²) < 4.78 is 1.90. The zero-order chi connectivity index (χ0) is 21.5. The Bertz CT molecular complexity index is 1080. The van der Waals surface area contributed by atoms with E-state index in [9.17, 15) is 14.9 Å². The quantitative estimate of drug-likeness (QED) is 0.245. The Kier molecular flexibility index (Phi) is 7.15. The smallest absolute Gasteiger partial charge is 0.278 e. The fraction of sp³-hybridized carbons (Fsp3) is 0.158. The van der Waals surface area contributed by atoms with Crippen LogP contribution in [0.25, 0.3) is 11.4 Å². The van der Waals surface area contributed by atoms with Crippen LogP contribution in [0.2, 0.25) is 5.02 Å². The number of carbonyl (C=O) groups excluding carboxylic acids is 1. The summed E-state index contributed by atoms with van der Waals surface area (Å²) in [5.41, 5.74) is 3.45. The summed E-state index contributed by atoms with van der Waals surface area (Å²) in [6.45, 7) is 2.59. The van der Waals surface area contributed by atoms with E-state index in [1.807, 2.05) is 23.6 Å². The van der Waals surface area contributed by atoms with Gasteiger partial charge in [0.15, 0.2) is 11.0 Å². The van der Waals surface area contributed by atoms with Crippen LogP contribution in [0.1, 0.15) is 12.5 Å². The van der Waals surface area contributed by atoms with Gasteiger partial charge in [-0.15, -0.1) is 10.2 Å². The summed E-state index contributed by atoms with van der Waals surface area (Å²) in [6, 6.07) is 13.4. The second-order valence-electron chi connectivity index (χ2n) is 5.96. The molecular weight excluding hydrogens is 428 g/mol. The summed E-state index contributed by atoms with van der Waals surface area (Å²) in [5, 5.41) is 24.4. The molecule has 3 rings (SSSR count). The number of amides is 1. The number of thioether (sulfide) groups is 1. The highest BCUT2D eigenvalue weighted by atomic mass is 35.5. The number of hydrogen-bond acceptors (Lipinski definition) is 7. The minimum atomic E-state index is -0.505. The van der Waals surface area contributed by atoms with Crippen molar-refractivity contribution in [1.29, 1.82) is 0 Å². The van der Waals surface area contributed by atoms with Gasteiger partial charge >= 0.3 is 0 Å². The van der Waals surface area contributed by atoms with Gasteiger partial charge in [0.05, 0.1) is 22.5 Å². The lowest BCUT2D eigenvalue weighted by molar-refractivity contribution is -0.385. The van der Waals surface area contributed by atoms with E-state index in [4.69, 9.17) is 11.6 Å². The summed E-state index contributed by atoms with van der Waals surface area (Å²) in [5.74, 6) is 0.382. The highest BCUT2D eigenvalue weighted by Crippen LogP contribution is 2.25. The maximum absolute atomic E-state index is 12.1. The fourth-order valence-corrected chi connectivity index (χ4v) is 3.51. The number of carbonyl (C=O) groups is 1. The molecule has 0 atom stereocenters. The Morgan fingerprint density at radius 3 is 2.70 bits per heavy atom. The molecule has 0 aliphatic heterocycles. The molecule has 2 aromatic carbocycles. The van der Waals surface area contributed by atoms with E-state index in [2.05, 4.69) is 20.7 Å². The molecule has 9 nitrogen and oxygen atoms in total. The maximum atomic E-state index is 12.1. The Morgan fingerprint density at radius 2 is 2.00 bits per heavy atom. The van der Waals surface area contributed by atoms with Crippen LogP contribution < -0.4 is 5.43 Å². The van der Waals surface area contributed by atoms with Crippen LogP contribution in [0.15, 0.2) is 58.8 Å². The number of nitro groups is 1. The fourth-order valence-electron chi connectivity index (χ4n) is 2.59. The predicted octanol–water partition coefficient (Wildman–Crippen LogP) is 3.77. The molecule has 3 aromatic rings. The molecule has 0 spiro atoms. The first-order valence-corrected chi connectivity index (χ1v) is 10.2. The zero-order valence-electron chi connectivity index (χ0n) is 15.9. The van der Waals surface area contributed by atoms with Gasteiger partial charge in [-0.2, -0.15) is 5.10 Å². The molecule has 0 aliphatic carbocycles. The van der Waals surface area contributed by atoms with Crippen molar-refractivity contribution in [2.75, 3.05) is 5.75 Å². The van der Waals surface area contributed by atoms with Crippen molar-refractivity contribution in [1.82, 2.24) is 20.2 Å². The van der Waals surface area contributed by atoms with Crippen LogP contribution in [0.3, 0.4) is 0 Å². The van der Waals surface area contributed by atoms with Gasteiger partial charge < -0.3 is 4.57 Å².